The molecule has 1 heterocycles. The first-order valence-electron chi connectivity index (χ1n) is 7.69. The Balaban J connectivity index is 2.23. The molecule has 0 bridgehead atoms. The van der Waals surface area contributed by atoms with Crippen molar-refractivity contribution < 1.29 is 17.9 Å². The van der Waals surface area contributed by atoms with Gasteiger partial charge in [-0.1, -0.05) is 13.8 Å². The summed E-state index contributed by atoms with van der Waals surface area (Å²) in [5, 5.41) is 2.61. The van der Waals surface area contributed by atoms with Gasteiger partial charge >= 0.3 is 0 Å². The molecule has 3 unspecified atom stereocenters. The summed E-state index contributed by atoms with van der Waals surface area (Å²) in [5.74, 6) is -0.656. The number of hydrogen-bond donors (Lipinski definition) is 1. The van der Waals surface area contributed by atoms with Gasteiger partial charge in [0, 0.05) is 18.9 Å². The largest absolute Gasteiger partial charge is 0.347 e. The lowest BCUT2D eigenvalue weighted by Crippen LogP contribution is -2.55. The molecule has 1 saturated carbocycles. The van der Waals surface area contributed by atoms with E-state index in [2.05, 4.69) is 5.32 Å². The van der Waals surface area contributed by atoms with E-state index in [1.165, 1.54) is 0 Å². The summed E-state index contributed by atoms with van der Waals surface area (Å²) in [6, 6.07) is 0.0115. The van der Waals surface area contributed by atoms with Crippen LogP contribution in [0.3, 0.4) is 0 Å². The first kappa shape index (κ1) is 16.2. The van der Waals surface area contributed by atoms with Crippen LogP contribution in [0.4, 0.5) is 0 Å². The van der Waals surface area contributed by atoms with Gasteiger partial charge in [0.15, 0.2) is 15.6 Å². The fourth-order valence-electron chi connectivity index (χ4n) is 3.24. The predicted octanol–water partition coefficient (Wildman–Crippen LogP) is 1.47. The highest BCUT2D eigenvalue weighted by Gasteiger charge is 2.50. The lowest BCUT2D eigenvalue weighted by molar-refractivity contribution is -0.178. The molecule has 1 aliphatic heterocycles. The van der Waals surface area contributed by atoms with Gasteiger partial charge in [0.05, 0.1) is 23.7 Å². The zero-order valence-electron chi connectivity index (χ0n) is 12.7. The Labute approximate surface area is 122 Å². The normalized spacial score (nSPS) is 31.6. The molecule has 6 heteroatoms. The minimum Gasteiger partial charge on any atom is -0.347 e. The van der Waals surface area contributed by atoms with Gasteiger partial charge in [-0.15, -0.1) is 0 Å². The van der Waals surface area contributed by atoms with Crippen LogP contribution in [0, 0.1) is 0 Å². The third-order valence-electron chi connectivity index (χ3n) is 4.63. The predicted molar refractivity (Wildman–Crippen MR) is 78.4 cm³/mol. The Hall–Kier alpha value is -0.170. The van der Waals surface area contributed by atoms with E-state index in [9.17, 15) is 8.42 Å². The highest BCUT2D eigenvalue weighted by molar-refractivity contribution is 7.92. The molecule has 1 saturated heterocycles. The minimum absolute atomic E-state index is 0.0115. The monoisotopic (exact) mass is 305 g/mol. The van der Waals surface area contributed by atoms with Gasteiger partial charge in [0.25, 0.3) is 0 Å². The van der Waals surface area contributed by atoms with Crippen LogP contribution >= 0.6 is 0 Å². The van der Waals surface area contributed by atoms with E-state index < -0.39 is 20.9 Å². The van der Waals surface area contributed by atoms with E-state index in [0.29, 0.717) is 26.1 Å². The summed E-state index contributed by atoms with van der Waals surface area (Å²) >= 11 is 0. The van der Waals surface area contributed by atoms with Gasteiger partial charge in [0.2, 0.25) is 0 Å². The van der Waals surface area contributed by atoms with Crippen LogP contribution in [-0.2, 0) is 19.3 Å². The molecule has 0 aromatic carbocycles. The van der Waals surface area contributed by atoms with Crippen molar-refractivity contribution >= 4 is 9.84 Å². The van der Waals surface area contributed by atoms with Gasteiger partial charge in [-0.2, -0.15) is 0 Å². The van der Waals surface area contributed by atoms with Gasteiger partial charge in [-0.05, 0) is 26.3 Å². The van der Waals surface area contributed by atoms with Gasteiger partial charge < -0.3 is 14.8 Å². The molecular weight excluding hydrogens is 278 g/mol. The summed E-state index contributed by atoms with van der Waals surface area (Å²) < 4.78 is 37.0. The van der Waals surface area contributed by atoms with Gasteiger partial charge in [0.1, 0.15) is 0 Å². The number of ether oxygens (including phenoxy) is 2. The molecule has 1 spiro atoms. The maximum Gasteiger partial charge on any atom is 0.169 e. The SMILES string of the molecule is CCNC1CCC2(CC1S(=O)(=O)C(C)CC)OCCO2. The Bertz CT molecular complexity index is 417. The van der Waals surface area contributed by atoms with Crippen LogP contribution in [0.25, 0.3) is 0 Å². The molecular formula is C14H27NO4S. The van der Waals surface area contributed by atoms with E-state index in [-0.39, 0.29) is 11.3 Å². The van der Waals surface area contributed by atoms with E-state index in [4.69, 9.17) is 9.47 Å². The number of nitrogens with one attached hydrogen (secondary N) is 1. The molecule has 0 aromatic rings. The van der Waals surface area contributed by atoms with Crippen molar-refractivity contribution in [1.82, 2.24) is 5.32 Å². The van der Waals surface area contributed by atoms with Crippen LogP contribution in [0.5, 0.6) is 0 Å². The zero-order chi connectivity index (χ0) is 14.8. The molecule has 1 N–H and O–H groups in total. The minimum atomic E-state index is -3.17. The van der Waals surface area contributed by atoms with Crippen LogP contribution in [0.15, 0.2) is 0 Å². The molecule has 20 heavy (non-hydrogen) atoms. The summed E-state index contributed by atoms with van der Waals surface area (Å²) in [5.41, 5.74) is 0. The first-order valence-corrected chi connectivity index (χ1v) is 9.30. The lowest BCUT2D eigenvalue weighted by Gasteiger charge is -2.41. The average Bonchev–Trinajstić information content (AvgIpc) is 2.88. The highest BCUT2D eigenvalue weighted by Crippen LogP contribution is 2.39. The van der Waals surface area contributed by atoms with E-state index in [1.807, 2.05) is 13.8 Å². The summed E-state index contributed by atoms with van der Waals surface area (Å²) in [6.07, 6.45) is 2.66. The van der Waals surface area contributed by atoms with Crippen LogP contribution < -0.4 is 5.32 Å². The Kier molecular flexibility index (Phi) is 5.10. The summed E-state index contributed by atoms with van der Waals surface area (Å²) in [4.78, 5) is 0. The smallest absolute Gasteiger partial charge is 0.169 e. The fraction of sp³-hybridized carbons (Fsp3) is 1.00. The van der Waals surface area contributed by atoms with Crippen molar-refractivity contribution in [3.05, 3.63) is 0 Å². The first-order chi connectivity index (χ1) is 9.45. The van der Waals surface area contributed by atoms with Gasteiger partial charge in [-0.25, -0.2) is 8.42 Å². The van der Waals surface area contributed by atoms with Crippen molar-refractivity contribution in [3.8, 4) is 0 Å². The molecule has 2 aliphatic rings. The topological polar surface area (TPSA) is 64.6 Å². The molecule has 2 rings (SSSR count). The number of rotatable bonds is 5. The van der Waals surface area contributed by atoms with Crippen LogP contribution in [0.1, 0.15) is 46.5 Å². The number of sulfone groups is 1. The maximum atomic E-state index is 12.8. The van der Waals surface area contributed by atoms with Crippen molar-refractivity contribution in [2.45, 2.75) is 68.8 Å². The van der Waals surface area contributed by atoms with E-state index >= 15 is 0 Å². The molecule has 3 atom stereocenters. The third-order valence-corrected chi connectivity index (χ3v) is 7.43. The average molecular weight is 305 g/mol. The second-order valence-corrected chi connectivity index (χ2v) is 8.45. The van der Waals surface area contributed by atoms with Crippen LogP contribution in [0.2, 0.25) is 0 Å². The van der Waals surface area contributed by atoms with Crippen molar-refractivity contribution in [2.75, 3.05) is 19.8 Å². The van der Waals surface area contributed by atoms with Crippen molar-refractivity contribution in [1.29, 1.82) is 0 Å². The van der Waals surface area contributed by atoms with Crippen molar-refractivity contribution in [2.24, 2.45) is 0 Å². The molecule has 5 nitrogen and oxygen atoms in total. The highest BCUT2D eigenvalue weighted by atomic mass is 32.2. The molecule has 0 aromatic heterocycles. The second-order valence-electron chi connectivity index (χ2n) is 5.86. The van der Waals surface area contributed by atoms with E-state index in [1.54, 1.807) is 6.92 Å². The van der Waals surface area contributed by atoms with Crippen molar-refractivity contribution in [3.63, 3.8) is 0 Å². The third kappa shape index (κ3) is 3.03. The standard InChI is InChI=1S/C14H27NO4S/c1-4-11(3)20(16,17)13-10-14(18-8-9-19-14)7-6-12(13)15-5-2/h11-13,15H,4-10H2,1-3H3. The molecule has 2 fully saturated rings. The summed E-state index contributed by atoms with van der Waals surface area (Å²) in [7, 11) is -3.17. The fourth-order valence-corrected chi connectivity index (χ4v) is 5.48. The molecule has 0 radical (unpaired) electrons. The summed E-state index contributed by atoms with van der Waals surface area (Å²) in [6.45, 7) is 7.66. The Morgan fingerprint density at radius 3 is 2.50 bits per heavy atom. The maximum absolute atomic E-state index is 12.8. The second kappa shape index (κ2) is 6.30. The van der Waals surface area contributed by atoms with E-state index in [0.717, 1.165) is 19.4 Å². The van der Waals surface area contributed by atoms with Crippen LogP contribution in [-0.4, -0.2) is 50.5 Å². The zero-order valence-corrected chi connectivity index (χ0v) is 13.5. The Morgan fingerprint density at radius 1 is 1.30 bits per heavy atom. The quantitative estimate of drug-likeness (QED) is 0.833. The Morgan fingerprint density at radius 2 is 1.95 bits per heavy atom. The number of hydrogen-bond acceptors (Lipinski definition) is 5. The molecule has 118 valence electrons. The molecule has 0 amide bonds. The lowest BCUT2D eigenvalue weighted by atomic mass is 9.89. The van der Waals surface area contributed by atoms with Gasteiger partial charge in [-0.3, -0.25) is 0 Å². The molecule has 1 aliphatic carbocycles.